The van der Waals surface area contributed by atoms with Crippen LogP contribution < -0.4 is 0 Å². The van der Waals surface area contributed by atoms with E-state index in [1.165, 1.54) is 28.4 Å². The van der Waals surface area contributed by atoms with Gasteiger partial charge in [0.15, 0.2) is 5.76 Å². The highest BCUT2D eigenvalue weighted by atomic mass is 32.1. The Morgan fingerprint density at radius 3 is 2.53 bits per heavy atom. The van der Waals surface area contributed by atoms with Gasteiger partial charge < -0.3 is 10.0 Å². The minimum atomic E-state index is -0.805. The van der Waals surface area contributed by atoms with Crippen molar-refractivity contribution in [2.24, 2.45) is 0 Å². The first kappa shape index (κ1) is 23.6. The Morgan fingerprint density at radius 2 is 1.83 bits per heavy atom. The molecule has 8 heteroatoms. The molecule has 6 nitrogen and oxygen atoms in total. The third-order valence-corrected chi connectivity index (χ3v) is 7.33. The maximum Gasteiger partial charge on any atom is 0.290 e. The molecule has 1 unspecified atom stereocenters. The van der Waals surface area contributed by atoms with Gasteiger partial charge in [0, 0.05) is 24.5 Å². The van der Waals surface area contributed by atoms with Gasteiger partial charge in [0.1, 0.15) is 10.8 Å². The van der Waals surface area contributed by atoms with E-state index in [4.69, 9.17) is 0 Å². The van der Waals surface area contributed by atoms with Crippen molar-refractivity contribution in [1.29, 1.82) is 0 Å². The highest BCUT2D eigenvalue weighted by Crippen LogP contribution is 2.40. The van der Waals surface area contributed by atoms with Gasteiger partial charge in [-0.2, -0.15) is 0 Å². The van der Waals surface area contributed by atoms with Crippen LogP contribution >= 0.6 is 11.3 Å². The monoisotopic (exact) mass is 499 g/mol. The lowest BCUT2D eigenvalue weighted by Crippen LogP contribution is -2.33. The van der Waals surface area contributed by atoms with Gasteiger partial charge in [-0.15, -0.1) is 11.3 Å². The zero-order chi connectivity index (χ0) is 25.2. The van der Waals surface area contributed by atoms with E-state index in [0.717, 1.165) is 11.1 Å². The lowest BCUT2D eigenvalue weighted by atomic mass is 9.96. The number of ketones is 1. The fourth-order valence-electron chi connectivity index (χ4n) is 4.33. The summed E-state index contributed by atoms with van der Waals surface area (Å²) in [6.45, 7) is 1.97. The minimum Gasteiger partial charge on any atom is -0.503 e. The molecule has 3 heterocycles. The molecule has 1 aliphatic heterocycles. The summed E-state index contributed by atoms with van der Waals surface area (Å²) in [6, 6.07) is 18.3. The normalized spacial score (nSPS) is 15.6. The average Bonchev–Trinajstić information content (AvgIpc) is 3.41. The van der Waals surface area contributed by atoms with E-state index in [-0.39, 0.29) is 17.9 Å². The summed E-state index contributed by atoms with van der Waals surface area (Å²) < 4.78 is 13.3. The Balaban J connectivity index is 1.50. The van der Waals surface area contributed by atoms with Crippen LogP contribution in [0.25, 0.3) is 10.6 Å². The summed E-state index contributed by atoms with van der Waals surface area (Å²) in [4.78, 5) is 37.6. The number of pyridine rings is 1. The molecule has 1 aliphatic rings. The molecule has 180 valence electrons. The highest BCUT2D eigenvalue weighted by Gasteiger charge is 2.44. The Hall–Kier alpha value is -4.17. The third-order valence-electron chi connectivity index (χ3n) is 6.13. The van der Waals surface area contributed by atoms with Crippen molar-refractivity contribution in [2.75, 3.05) is 6.54 Å². The number of amides is 1. The number of Topliss-reactive ketones (excluding diaryl/α,β-unsaturated/α-hetero) is 1. The largest absolute Gasteiger partial charge is 0.503 e. The molecule has 1 N–H and O–H groups in total. The fourth-order valence-corrected chi connectivity index (χ4v) is 5.36. The second kappa shape index (κ2) is 9.83. The molecule has 0 bridgehead atoms. The Morgan fingerprint density at radius 1 is 1.08 bits per heavy atom. The third kappa shape index (κ3) is 4.43. The van der Waals surface area contributed by atoms with Crippen LogP contribution in [0.4, 0.5) is 4.39 Å². The number of aliphatic hydroxyl groups excluding tert-OH is 1. The van der Waals surface area contributed by atoms with Crippen LogP contribution in [0.15, 0.2) is 90.5 Å². The molecule has 1 amide bonds. The summed E-state index contributed by atoms with van der Waals surface area (Å²) in [6.07, 6.45) is 3.62. The van der Waals surface area contributed by atoms with Crippen molar-refractivity contribution in [3.05, 3.63) is 118 Å². The van der Waals surface area contributed by atoms with E-state index in [9.17, 15) is 19.1 Å². The quantitative estimate of drug-likeness (QED) is 0.341. The first-order valence-corrected chi connectivity index (χ1v) is 12.2. The van der Waals surface area contributed by atoms with Crippen LogP contribution in [0.5, 0.6) is 0 Å². The van der Waals surface area contributed by atoms with E-state index in [1.807, 2.05) is 30.3 Å². The van der Waals surface area contributed by atoms with E-state index >= 15 is 0 Å². The fraction of sp³-hybridized carbons (Fsp3) is 0.143. The van der Waals surface area contributed by atoms with Crippen molar-refractivity contribution in [3.8, 4) is 10.6 Å². The Kier molecular flexibility index (Phi) is 6.43. The number of hydrogen-bond donors (Lipinski definition) is 1. The second-order valence-corrected chi connectivity index (χ2v) is 9.45. The number of aromatic nitrogens is 2. The molecule has 4 aromatic rings. The number of aliphatic hydroxyl groups is 1. The standard InChI is InChI=1S/C28H22FN3O3S/c1-17-26(36-27(31-17)19-6-3-2-4-7-19)24(33)22-23(20-8-5-14-30-16-20)32(28(35)25(22)34)15-13-18-9-11-21(29)12-10-18/h2-12,14,16,23,34H,13,15H2,1H3. The molecule has 0 saturated heterocycles. The summed E-state index contributed by atoms with van der Waals surface area (Å²) in [7, 11) is 0. The number of carbonyl (C=O) groups excluding carboxylic acids is 2. The summed E-state index contributed by atoms with van der Waals surface area (Å²) in [5, 5.41) is 11.6. The van der Waals surface area contributed by atoms with Crippen molar-refractivity contribution < 1.29 is 19.1 Å². The molecule has 0 aliphatic carbocycles. The maximum absolute atomic E-state index is 13.8. The van der Waals surface area contributed by atoms with Crippen LogP contribution in [-0.2, 0) is 11.2 Å². The predicted octanol–water partition coefficient (Wildman–Crippen LogP) is 5.47. The maximum atomic E-state index is 13.8. The number of thiazole rings is 1. The molecule has 2 aromatic heterocycles. The van der Waals surface area contributed by atoms with Crippen molar-refractivity contribution >= 4 is 23.0 Å². The number of benzene rings is 2. The van der Waals surface area contributed by atoms with E-state index in [2.05, 4.69) is 9.97 Å². The van der Waals surface area contributed by atoms with E-state index in [1.54, 1.807) is 43.6 Å². The first-order valence-electron chi connectivity index (χ1n) is 11.4. The van der Waals surface area contributed by atoms with Crippen LogP contribution in [0.1, 0.15) is 32.5 Å². The lowest BCUT2D eigenvalue weighted by molar-refractivity contribution is -0.129. The zero-order valence-electron chi connectivity index (χ0n) is 19.4. The van der Waals surface area contributed by atoms with Crippen LogP contribution in [0.2, 0.25) is 0 Å². The summed E-state index contributed by atoms with van der Waals surface area (Å²) in [5.41, 5.74) is 2.88. The number of nitrogens with zero attached hydrogens (tertiary/aromatic N) is 3. The summed E-state index contributed by atoms with van der Waals surface area (Å²) in [5.74, 6) is -1.97. The molecule has 0 fully saturated rings. The van der Waals surface area contributed by atoms with Gasteiger partial charge in [-0.3, -0.25) is 14.6 Å². The molecular formula is C28H22FN3O3S. The summed E-state index contributed by atoms with van der Waals surface area (Å²) >= 11 is 1.23. The number of halogens is 1. The van der Waals surface area contributed by atoms with Crippen molar-refractivity contribution in [3.63, 3.8) is 0 Å². The SMILES string of the molecule is Cc1nc(-c2ccccc2)sc1C(=O)C1=C(O)C(=O)N(CCc2ccc(F)cc2)C1c1cccnc1. The topological polar surface area (TPSA) is 83.4 Å². The first-order chi connectivity index (χ1) is 17.4. The van der Waals surface area contributed by atoms with Gasteiger partial charge in [0.05, 0.1) is 22.2 Å². The number of carbonyl (C=O) groups is 2. The molecule has 0 radical (unpaired) electrons. The van der Waals surface area contributed by atoms with Gasteiger partial charge in [0.2, 0.25) is 5.78 Å². The number of aryl methyl sites for hydroxylation is 1. The Bertz CT molecular complexity index is 1450. The minimum absolute atomic E-state index is 0.0125. The van der Waals surface area contributed by atoms with Crippen molar-refractivity contribution in [2.45, 2.75) is 19.4 Å². The molecule has 1 atom stereocenters. The molecule has 0 spiro atoms. The van der Waals surface area contributed by atoms with Crippen LogP contribution in [0, 0.1) is 12.7 Å². The smallest absolute Gasteiger partial charge is 0.290 e. The molecule has 5 rings (SSSR count). The van der Waals surface area contributed by atoms with Crippen LogP contribution in [0.3, 0.4) is 0 Å². The van der Waals surface area contributed by atoms with Crippen molar-refractivity contribution in [1.82, 2.24) is 14.9 Å². The van der Waals surface area contributed by atoms with Gasteiger partial charge in [-0.1, -0.05) is 48.5 Å². The van der Waals surface area contributed by atoms with E-state index < -0.39 is 23.5 Å². The molecule has 2 aromatic carbocycles. The highest BCUT2D eigenvalue weighted by molar-refractivity contribution is 7.17. The molecule has 36 heavy (non-hydrogen) atoms. The average molecular weight is 500 g/mol. The number of rotatable bonds is 7. The van der Waals surface area contributed by atoms with Gasteiger partial charge >= 0.3 is 0 Å². The molecule has 0 saturated carbocycles. The van der Waals surface area contributed by atoms with Gasteiger partial charge in [0.25, 0.3) is 5.91 Å². The van der Waals surface area contributed by atoms with Crippen LogP contribution in [-0.4, -0.2) is 38.2 Å². The van der Waals surface area contributed by atoms with Gasteiger partial charge in [-0.05, 0) is 42.7 Å². The Labute approximate surface area is 211 Å². The van der Waals surface area contributed by atoms with Gasteiger partial charge in [-0.25, -0.2) is 9.37 Å². The number of hydrogen-bond acceptors (Lipinski definition) is 6. The zero-order valence-corrected chi connectivity index (χ0v) is 20.2. The molecular weight excluding hydrogens is 477 g/mol. The lowest BCUT2D eigenvalue weighted by Gasteiger charge is -2.26. The van der Waals surface area contributed by atoms with E-state index in [0.29, 0.717) is 27.6 Å². The second-order valence-electron chi connectivity index (χ2n) is 8.45. The predicted molar refractivity (Wildman–Crippen MR) is 135 cm³/mol.